The molecule has 0 aliphatic carbocycles. The zero-order valence-corrected chi connectivity index (χ0v) is 13.3. The number of thiocarbonyl (C=S) groups is 1. The average molecular weight is 309 g/mol. The van der Waals surface area contributed by atoms with Gasteiger partial charge in [0, 0.05) is 19.2 Å². The summed E-state index contributed by atoms with van der Waals surface area (Å²) in [6.07, 6.45) is 0.269. The van der Waals surface area contributed by atoms with E-state index in [0.29, 0.717) is 11.5 Å². The lowest BCUT2D eigenvalue weighted by Gasteiger charge is -2.24. The fourth-order valence-corrected chi connectivity index (χ4v) is 2.19. The Morgan fingerprint density at radius 2 is 2.05 bits per heavy atom. The average Bonchev–Trinajstić information content (AvgIpc) is 2.47. The van der Waals surface area contributed by atoms with E-state index in [1.807, 2.05) is 24.0 Å². The van der Waals surface area contributed by atoms with Crippen molar-refractivity contribution >= 4 is 23.1 Å². The van der Waals surface area contributed by atoms with Crippen molar-refractivity contribution in [2.45, 2.75) is 19.4 Å². The molecule has 0 aromatic heterocycles. The van der Waals surface area contributed by atoms with E-state index in [1.165, 1.54) is 0 Å². The molecule has 0 radical (unpaired) electrons. The summed E-state index contributed by atoms with van der Waals surface area (Å²) in [7, 11) is 1.61. The molecule has 1 unspecified atom stereocenters. The molecule has 0 fully saturated rings. The van der Waals surface area contributed by atoms with Gasteiger partial charge in [-0.25, -0.2) is 0 Å². The van der Waals surface area contributed by atoms with Crippen LogP contribution in [0.25, 0.3) is 0 Å². The van der Waals surface area contributed by atoms with Crippen LogP contribution in [0.3, 0.4) is 0 Å². The van der Waals surface area contributed by atoms with Crippen LogP contribution in [0.4, 0.5) is 0 Å². The van der Waals surface area contributed by atoms with E-state index in [0.717, 1.165) is 24.1 Å². The third-order valence-electron chi connectivity index (χ3n) is 3.20. The number of hydrogen-bond donors (Lipinski definition) is 3. The fourth-order valence-electron chi connectivity index (χ4n) is 2.05. The van der Waals surface area contributed by atoms with Crippen molar-refractivity contribution in [3.63, 3.8) is 0 Å². The zero-order chi connectivity index (χ0) is 15.8. The van der Waals surface area contributed by atoms with Gasteiger partial charge in [-0.1, -0.05) is 43.4 Å². The van der Waals surface area contributed by atoms with Gasteiger partial charge in [0.05, 0.1) is 12.6 Å². The van der Waals surface area contributed by atoms with Gasteiger partial charge in [-0.05, 0) is 18.5 Å². The molecule has 0 aliphatic rings. The molecule has 4 N–H and O–H groups in total. The number of aliphatic hydroxyl groups is 1. The third kappa shape index (κ3) is 5.79. The molecule has 1 rings (SSSR count). The minimum Gasteiger partial charge on any atom is -0.389 e. The first-order valence-corrected chi connectivity index (χ1v) is 7.39. The van der Waals surface area contributed by atoms with Gasteiger partial charge in [0.15, 0.2) is 0 Å². The lowest BCUT2D eigenvalue weighted by atomic mass is 10.1. The molecule has 1 amide bonds. The van der Waals surface area contributed by atoms with Gasteiger partial charge in [-0.3, -0.25) is 9.69 Å². The smallest absolute Gasteiger partial charge is 0.233 e. The number of benzene rings is 1. The molecule has 0 aliphatic heterocycles. The molecule has 1 aromatic rings. The van der Waals surface area contributed by atoms with E-state index in [-0.39, 0.29) is 12.5 Å². The van der Waals surface area contributed by atoms with Crippen LogP contribution in [-0.2, 0) is 4.79 Å². The summed E-state index contributed by atoms with van der Waals surface area (Å²) in [6, 6.07) is 7.21. The third-order valence-corrected chi connectivity index (χ3v) is 3.43. The van der Waals surface area contributed by atoms with Crippen molar-refractivity contribution in [2.24, 2.45) is 5.73 Å². The minimum absolute atomic E-state index is 0.0560. The molecule has 5 nitrogen and oxygen atoms in total. The minimum atomic E-state index is -0.651. The highest BCUT2D eigenvalue weighted by Crippen LogP contribution is 2.15. The second-order valence-corrected chi connectivity index (χ2v) is 5.35. The van der Waals surface area contributed by atoms with Crippen LogP contribution < -0.4 is 11.1 Å². The normalized spacial score (nSPS) is 12.2. The predicted molar refractivity (Wildman–Crippen MR) is 88.1 cm³/mol. The van der Waals surface area contributed by atoms with Crippen LogP contribution in [0, 0.1) is 0 Å². The quantitative estimate of drug-likeness (QED) is 0.620. The van der Waals surface area contributed by atoms with Crippen molar-refractivity contribution in [3.05, 3.63) is 35.4 Å². The Morgan fingerprint density at radius 3 is 2.52 bits per heavy atom. The maximum absolute atomic E-state index is 11.5. The van der Waals surface area contributed by atoms with Crippen LogP contribution in [0.2, 0.25) is 0 Å². The Morgan fingerprint density at radius 1 is 1.43 bits per heavy atom. The SMILES string of the molecule is CCCN(CC(=O)NC)CC(O)c1ccc(C(N)=S)cc1. The highest BCUT2D eigenvalue weighted by atomic mass is 32.1. The molecule has 0 bridgehead atoms. The highest BCUT2D eigenvalue weighted by molar-refractivity contribution is 7.80. The largest absolute Gasteiger partial charge is 0.389 e. The van der Waals surface area contributed by atoms with Crippen molar-refractivity contribution in [2.75, 3.05) is 26.7 Å². The molecule has 6 heteroatoms. The number of nitrogens with zero attached hydrogens (tertiary/aromatic N) is 1. The molecule has 0 saturated heterocycles. The second-order valence-electron chi connectivity index (χ2n) is 4.91. The zero-order valence-electron chi connectivity index (χ0n) is 12.5. The summed E-state index contributed by atoms with van der Waals surface area (Å²) in [5, 5.41) is 12.9. The summed E-state index contributed by atoms with van der Waals surface area (Å²) in [6.45, 7) is 3.50. The topological polar surface area (TPSA) is 78.6 Å². The summed E-state index contributed by atoms with van der Waals surface area (Å²) in [5.41, 5.74) is 7.11. The highest BCUT2D eigenvalue weighted by Gasteiger charge is 2.15. The molecule has 0 saturated carbocycles. The molecule has 0 spiro atoms. The number of aliphatic hydroxyl groups excluding tert-OH is 1. The van der Waals surface area contributed by atoms with Crippen LogP contribution in [-0.4, -0.2) is 47.6 Å². The first-order valence-electron chi connectivity index (χ1n) is 6.98. The monoisotopic (exact) mass is 309 g/mol. The van der Waals surface area contributed by atoms with Gasteiger partial charge in [-0.15, -0.1) is 0 Å². The Balaban J connectivity index is 2.69. The predicted octanol–water partition coefficient (Wildman–Crippen LogP) is 0.812. The number of hydrogen-bond acceptors (Lipinski definition) is 4. The number of likely N-dealkylation sites (N-methyl/N-ethyl adjacent to an activating group) is 1. The summed E-state index contributed by atoms with van der Waals surface area (Å²) in [5.74, 6) is -0.0560. The van der Waals surface area contributed by atoms with E-state index >= 15 is 0 Å². The van der Waals surface area contributed by atoms with Crippen LogP contribution >= 0.6 is 12.2 Å². The molecule has 1 atom stereocenters. The van der Waals surface area contributed by atoms with E-state index in [4.69, 9.17) is 18.0 Å². The standard InChI is InChI=1S/C15H23N3O2S/c1-3-8-18(10-14(20)17-2)9-13(19)11-4-6-12(7-5-11)15(16)21/h4-7,13,19H,3,8-10H2,1-2H3,(H2,16,21)(H,17,20). The lowest BCUT2D eigenvalue weighted by Crippen LogP contribution is -2.38. The maximum atomic E-state index is 11.5. The van der Waals surface area contributed by atoms with Crippen LogP contribution in [0.5, 0.6) is 0 Å². The van der Waals surface area contributed by atoms with E-state index < -0.39 is 6.10 Å². The number of nitrogens with one attached hydrogen (secondary N) is 1. The molecular weight excluding hydrogens is 286 g/mol. The van der Waals surface area contributed by atoms with Crippen molar-refractivity contribution in [1.82, 2.24) is 10.2 Å². The summed E-state index contributed by atoms with van der Waals surface area (Å²) < 4.78 is 0. The van der Waals surface area contributed by atoms with Crippen molar-refractivity contribution in [3.8, 4) is 0 Å². The Hall–Kier alpha value is -1.50. The van der Waals surface area contributed by atoms with E-state index in [1.54, 1.807) is 19.2 Å². The molecule has 116 valence electrons. The Kier molecular flexibility index (Phi) is 7.28. The lowest BCUT2D eigenvalue weighted by molar-refractivity contribution is -0.122. The van der Waals surface area contributed by atoms with E-state index in [9.17, 15) is 9.90 Å². The first kappa shape index (κ1) is 17.6. The van der Waals surface area contributed by atoms with Crippen LogP contribution in [0.15, 0.2) is 24.3 Å². The van der Waals surface area contributed by atoms with Gasteiger partial charge in [-0.2, -0.15) is 0 Å². The maximum Gasteiger partial charge on any atom is 0.233 e. The second kappa shape index (κ2) is 8.71. The Labute approximate surface area is 131 Å². The number of nitrogens with two attached hydrogens (primary N) is 1. The fraction of sp³-hybridized carbons (Fsp3) is 0.467. The molecule has 0 heterocycles. The molecular formula is C15H23N3O2S. The van der Waals surface area contributed by atoms with Crippen molar-refractivity contribution < 1.29 is 9.90 Å². The molecule has 1 aromatic carbocycles. The van der Waals surface area contributed by atoms with Gasteiger partial charge in [0.1, 0.15) is 4.99 Å². The van der Waals surface area contributed by atoms with Crippen LogP contribution in [0.1, 0.15) is 30.6 Å². The Bertz CT molecular complexity index is 476. The molecule has 21 heavy (non-hydrogen) atoms. The number of carbonyl (C=O) groups is 1. The van der Waals surface area contributed by atoms with Gasteiger partial charge in [0.2, 0.25) is 5.91 Å². The summed E-state index contributed by atoms with van der Waals surface area (Å²) >= 11 is 4.90. The van der Waals surface area contributed by atoms with E-state index in [2.05, 4.69) is 5.32 Å². The van der Waals surface area contributed by atoms with Crippen molar-refractivity contribution in [1.29, 1.82) is 0 Å². The van der Waals surface area contributed by atoms with Gasteiger partial charge < -0.3 is 16.2 Å². The van der Waals surface area contributed by atoms with Gasteiger partial charge >= 0.3 is 0 Å². The first-order chi connectivity index (χ1) is 9.97. The number of rotatable bonds is 8. The number of amides is 1. The van der Waals surface area contributed by atoms with Gasteiger partial charge in [0.25, 0.3) is 0 Å². The summed E-state index contributed by atoms with van der Waals surface area (Å²) in [4.78, 5) is 13.7. The number of carbonyl (C=O) groups excluding carboxylic acids is 1.